The predicted octanol–water partition coefficient (Wildman–Crippen LogP) is 3.78. The summed E-state index contributed by atoms with van der Waals surface area (Å²) in [4.78, 5) is 26.3. The number of ether oxygens (including phenoxy) is 1. The van der Waals surface area contributed by atoms with E-state index in [1.54, 1.807) is 29.2 Å². The number of hydrogen-bond donors (Lipinski definition) is 0. The molecule has 5 heteroatoms. The van der Waals surface area contributed by atoms with Crippen LogP contribution in [-0.2, 0) is 9.59 Å². The van der Waals surface area contributed by atoms with Gasteiger partial charge in [-0.2, -0.15) is 5.26 Å². The maximum absolute atomic E-state index is 12.7. The van der Waals surface area contributed by atoms with E-state index in [9.17, 15) is 9.59 Å². The molecule has 1 aliphatic rings. The molecule has 1 atom stereocenters. The van der Waals surface area contributed by atoms with Gasteiger partial charge in [0.25, 0.3) is 0 Å². The molecule has 0 N–H and O–H groups in total. The van der Waals surface area contributed by atoms with E-state index in [0.29, 0.717) is 24.3 Å². The molecule has 1 heterocycles. The van der Waals surface area contributed by atoms with E-state index < -0.39 is 12.0 Å². The molecule has 0 saturated carbocycles. The van der Waals surface area contributed by atoms with Crippen LogP contribution in [0, 0.1) is 17.2 Å². The highest BCUT2D eigenvalue weighted by Gasteiger charge is 2.36. The van der Waals surface area contributed by atoms with Crippen molar-refractivity contribution in [2.24, 2.45) is 5.92 Å². The highest BCUT2D eigenvalue weighted by Crippen LogP contribution is 2.25. The summed E-state index contributed by atoms with van der Waals surface area (Å²) in [6.45, 7) is 4.45. The fourth-order valence-corrected chi connectivity index (χ4v) is 3.35. The normalized spacial score (nSPS) is 14.9. The van der Waals surface area contributed by atoms with Crippen molar-refractivity contribution >= 4 is 11.9 Å². The SMILES string of the molecule is CC(C)C(C(=O)Oc1ccc(-c2ccc(C#N)cc2)cc1)N1CCCC1=O. The third-order valence-corrected chi connectivity index (χ3v) is 4.74. The number of nitrogens with zero attached hydrogens (tertiary/aromatic N) is 2. The van der Waals surface area contributed by atoms with Crippen LogP contribution in [0.4, 0.5) is 0 Å². The van der Waals surface area contributed by atoms with Crippen molar-refractivity contribution in [2.45, 2.75) is 32.7 Å². The Morgan fingerprint density at radius 2 is 1.67 bits per heavy atom. The predicted molar refractivity (Wildman–Crippen MR) is 102 cm³/mol. The molecule has 2 aromatic rings. The first-order valence-electron chi connectivity index (χ1n) is 9.11. The fraction of sp³-hybridized carbons (Fsp3) is 0.318. The maximum Gasteiger partial charge on any atom is 0.334 e. The van der Waals surface area contributed by atoms with E-state index in [0.717, 1.165) is 17.5 Å². The molecule has 3 rings (SSSR count). The average molecular weight is 362 g/mol. The molecule has 0 bridgehead atoms. The van der Waals surface area contributed by atoms with Gasteiger partial charge in [0.1, 0.15) is 11.8 Å². The van der Waals surface area contributed by atoms with Crippen molar-refractivity contribution in [3.05, 3.63) is 54.1 Å². The molecule has 27 heavy (non-hydrogen) atoms. The Labute approximate surface area is 159 Å². The Balaban J connectivity index is 1.72. The van der Waals surface area contributed by atoms with Crippen LogP contribution >= 0.6 is 0 Å². The van der Waals surface area contributed by atoms with Gasteiger partial charge in [-0.3, -0.25) is 4.79 Å². The third-order valence-electron chi connectivity index (χ3n) is 4.74. The second-order valence-corrected chi connectivity index (χ2v) is 7.01. The van der Waals surface area contributed by atoms with Crippen LogP contribution < -0.4 is 4.74 Å². The van der Waals surface area contributed by atoms with Crippen LogP contribution in [-0.4, -0.2) is 29.4 Å². The van der Waals surface area contributed by atoms with Gasteiger partial charge in [-0.25, -0.2) is 4.79 Å². The highest BCUT2D eigenvalue weighted by atomic mass is 16.5. The number of likely N-dealkylation sites (tertiary alicyclic amines) is 1. The molecule has 1 aliphatic heterocycles. The van der Waals surface area contributed by atoms with Crippen molar-refractivity contribution in [2.75, 3.05) is 6.54 Å². The van der Waals surface area contributed by atoms with E-state index in [2.05, 4.69) is 6.07 Å². The molecule has 1 unspecified atom stereocenters. The average Bonchev–Trinajstić information content (AvgIpc) is 3.08. The largest absolute Gasteiger partial charge is 0.425 e. The van der Waals surface area contributed by atoms with E-state index in [1.165, 1.54) is 0 Å². The van der Waals surface area contributed by atoms with Crippen molar-refractivity contribution in [3.8, 4) is 22.9 Å². The monoisotopic (exact) mass is 362 g/mol. The first-order chi connectivity index (χ1) is 13.0. The Bertz CT molecular complexity index is 864. The number of amides is 1. The number of esters is 1. The summed E-state index contributed by atoms with van der Waals surface area (Å²) in [7, 11) is 0. The summed E-state index contributed by atoms with van der Waals surface area (Å²) in [5.41, 5.74) is 2.56. The summed E-state index contributed by atoms with van der Waals surface area (Å²) in [5.74, 6) is 0.0559. The Kier molecular flexibility index (Phi) is 5.56. The van der Waals surface area contributed by atoms with Gasteiger partial charge in [0.2, 0.25) is 5.91 Å². The van der Waals surface area contributed by atoms with E-state index in [4.69, 9.17) is 10.00 Å². The zero-order valence-corrected chi connectivity index (χ0v) is 15.5. The fourth-order valence-electron chi connectivity index (χ4n) is 3.35. The second kappa shape index (κ2) is 8.05. The molecule has 2 aromatic carbocycles. The van der Waals surface area contributed by atoms with Gasteiger partial charge in [-0.05, 0) is 47.7 Å². The van der Waals surface area contributed by atoms with Crippen LogP contribution in [0.15, 0.2) is 48.5 Å². The molecule has 0 aromatic heterocycles. The van der Waals surface area contributed by atoms with Crippen molar-refractivity contribution in [1.29, 1.82) is 5.26 Å². The smallest absolute Gasteiger partial charge is 0.334 e. The Hall–Kier alpha value is -3.13. The molecule has 0 radical (unpaired) electrons. The number of benzene rings is 2. The molecule has 5 nitrogen and oxygen atoms in total. The lowest BCUT2D eigenvalue weighted by Gasteiger charge is -2.28. The molecule has 138 valence electrons. The highest BCUT2D eigenvalue weighted by molar-refractivity contribution is 5.87. The first-order valence-corrected chi connectivity index (χ1v) is 9.11. The summed E-state index contributed by atoms with van der Waals surface area (Å²) in [5, 5.41) is 8.88. The number of nitriles is 1. The lowest BCUT2D eigenvalue weighted by Crippen LogP contribution is -2.47. The minimum atomic E-state index is -0.557. The molecule has 0 spiro atoms. The zero-order chi connectivity index (χ0) is 19.4. The summed E-state index contributed by atoms with van der Waals surface area (Å²) in [6.07, 6.45) is 1.28. The van der Waals surface area contributed by atoms with Crippen molar-refractivity contribution < 1.29 is 14.3 Å². The number of rotatable bonds is 5. The summed E-state index contributed by atoms with van der Waals surface area (Å²) >= 11 is 0. The number of hydrogen-bond acceptors (Lipinski definition) is 4. The molecule has 1 fully saturated rings. The molecular weight excluding hydrogens is 340 g/mol. The standard InChI is InChI=1S/C22H22N2O3/c1-15(2)21(24-13-3-4-20(24)25)22(26)27-19-11-9-18(10-12-19)17-7-5-16(14-23)6-8-17/h5-12,15,21H,3-4,13H2,1-2H3. The topological polar surface area (TPSA) is 70.4 Å². The second-order valence-electron chi connectivity index (χ2n) is 7.01. The van der Waals surface area contributed by atoms with E-state index >= 15 is 0 Å². The van der Waals surface area contributed by atoms with E-state index in [-0.39, 0.29) is 11.8 Å². The van der Waals surface area contributed by atoms with Crippen LogP contribution in [0.25, 0.3) is 11.1 Å². The van der Waals surface area contributed by atoms with Gasteiger partial charge in [-0.15, -0.1) is 0 Å². The van der Waals surface area contributed by atoms with Crippen LogP contribution in [0.3, 0.4) is 0 Å². The first kappa shape index (κ1) is 18.7. The maximum atomic E-state index is 12.7. The Morgan fingerprint density at radius 3 is 2.15 bits per heavy atom. The van der Waals surface area contributed by atoms with Crippen molar-refractivity contribution in [3.63, 3.8) is 0 Å². The molecule has 1 amide bonds. The van der Waals surface area contributed by atoms with Crippen LogP contribution in [0.5, 0.6) is 5.75 Å². The summed E-state index contributed by atoms with van der Waals surface area (Å²) < 4.78 is 5.55. The number of carbonyl (C=O) groups excluding carboxylic acids is 2. The van der Waals surface area contributed by atoms with Crippen LogP contribution in [0.2, 0.25) is 0 Å². The molecular formula is C22H22N2O3. The minimum absolute atomic E-state index is 0.0156. The van der Waals surface area contributed by atoms with E-state index in [1.807, 2.05) is 38.1 Å². The zero-order valence-electron chi connectivity index (χ0n) is 15.5. The van der Waals surface area contributed by atoms with Gasteiger partial charge >= 0.3 is 5.97 Å². The summed E-state index contributed by atoms with van der Waals surface area (Å²) in [6, 6.07) is 16.1. The number of carbonyl (C=O) groups is 2. The van der Waals surface area contributed by atoms with Crippen molar-refractivity contribution in [1.82, 2.24) is 4.90 Å². The lowest BCUT2D eigenvalue weighted by molar-refractivity contribution is -0.148. The van der Waals surface area contributed by atoms with Gasteiger partial charge < -0.3 is 9.64 Å². The van der Waals surface area contributed by atoms with Gasteiger partial charge in [0, 0.05) is 13.0 Å². The van der Waals surface area contributed by atoms with Gasteiger partial charge in [0.05, 0.1) is 11.6 Å². The lowest BCUT2D eigenvalue weighted by atomic mass is 10.0. The third kappa shape index (κ3) is 4.17. The molecule has 1 saturated heterocycles. The Morgan fingerprint density at radius 1 is 1.07 bits per heavy atom. The van der Waals surface area contributed by atoms with Gasteiger partial charge in [-0.1, -0.05) is 38.1 Å². The quantitative estimate of drug-likeness (QED) is 0.599. The van der Waals surface area contributed by atoms with Gasteiger partial charge in [0.15, 0.2) is 0 Å². The molecule has 0 aliphatic carbocycles. The van der Waals surface area contributed by atoms with Crippen LogP contribution in [0.1, 0.15) is 32.3 Å². The minimum Gasteiger partial charge on any atom is -0.425 e.